The van der Waals surface area contributed by atoms with E-state index in [1.807, 2.05) is 18.2 Å². The highest BCUT2D eigenvalue weighted by Gasteiger charge is 2.05. The minimum Gasteiger partial charge on any atom is -0.145 e. The molecule has 2 nitrogen and oxygen atoms in total. The van der Waals surface area contributed by atoms with Crippen molar-refractivity contribution in [1.29, 1.82) is 0 Å². The molecular formula is C13H13NO. The van der Waals surface area contributed by atoms with Gasteiger partial charge in [0.2, 0.25) is 0 Å². The first-order valence-corrected chi connectivity index (χ1v) is 5.12. The normalized spacial score (nSPS) is 19.8. The Morgan fingerprint density at radius 2 is 2.27 bits per heavy atom. The Labute approximate surface area is 89.3 Å². The Balaban J connectivity index is 2.30. The summed E-state index contributed by atoms with van der Waals surface area (Å²) in [5.74, 6) is 0.612. The number of hydrogen-bond donors (Lipinski definition) is 0. The van der Waals surface area contributed by atoms with Crippen LogP contribution in [0.4, 0.5) is 5.69 Å². The monoisotopic (exact) mass is 199 g/mol. The van der Waals surface area contributed by atoms with Gasteiger partial charge in [0.25, 0.3) is 0 Å². The van der Waals surface area contributed by atoms with Crippen LogP contribution in [0.1, 0.15) is 18.9 Å². The number of nitrogens with zero attached hydrogens (tertiary/aromatic N) is 1. The van der Waals surface area contributed by atoms with E-state index in [-0.39, 0.29) is 0 Å². The molecule has 1 atom stereocenters. The fraction of sp³-hybridized carbons (Fsp3) is 0.231. The third-order valence-electron chi connectivity index (χ3n) is 2.60. The van der Waals surface area contributed by atoms with Crippen molar-refractivity contribution in [3.63, 3.8) is 0 Å². The van der Waals surface area contributed by atoms with Crippen LogP contribution in [0.25, 0.3) is 5.57 Å². The first-order valence-electron chi connectivity index (χ1n) is 5.12. The van der Waals surface area contributed by atoms with Gasteiger partial charge in [0.05, 0.1) is 0 Å². The van der Waals surface area contributed by atoms with Crippen LogP contribution in [0.5, 0.6) is 0 Å². The van der Waals surface area contributed by atoms with Crippen LogP contribution in [-0.4, -0.2) is 0 Å². The Morgan fingerprint density at radius 3 is 2.93 bits per heavy atom. The lowest BCUT2D eigenvalue weighted by atomic mass is 9.94. The van der Waals surface area contributed by atoms with Gasteiger partial charge in [0, 0.05) is 0 Å². The van der Waals surface area contributed by atoms with Crippen LogP contribution >= 0.6 is 0 Å². The van der Waals surface area contributed by atoms with Crippen molar-refractivity contribution < 1.29 is 0 Å². The third kappa shape index (κ3) is 2.21. The second-order valence-corrected chi connectivity index (χ2v) is 3.87. The maximum Gasteiger partial charge on any atom is 0.108 e. The van der Waals surface area contributed by atoms with E-state index in [0.717, 1.165) is 12.0 Å². The quantitative estimate of drug-likeness (QED) is 0.660. The highest BCUT2D eigenvalue weighted by molar-refractivity contribution is 5.76. The zero-order chi connectivity index (χ0) is 10.7. The molecule has 0 bridgehead atoms. The molecule has 0 saturated carbocycles. The summed E-state index contributed by atoms with van der Waals surface area (Å²) in [6.07, 6.45) is 7.56. The smallest absolute Gasteiger partial charge is 0.108 e. The summed E-state index contributed by atoms with van der Waals surface area (Å²) in [7, 11) is 0. The maximum absolute atomic E-state index is 10.4. The van der Waals surface area contributed by atoms with E-state index < -0.39 is 0 Å². The van der Waals surface area contributed by atoms with Gasteiger partial charge in [-0.25, -0.2) is 0 Å². The Morgan fingerprint density at radius 1 is 1.40 bits per heavy atom. The largest absolute Gasteiger partial charge is 0.145 e. The average Bonchev–Trinajstić information content (AvgIpc) is 2.30. The fourth-order valence-electron chi connectivity index (χ4n) is 1.68. The average molecular weight is 199 g/mol. The van der Waals surface area contributed by atoms with Gasteiger partial charge < -0.3 is 0 Å². The molecule has 0 heterocycles. The minimum absolute atomic E-state index is 0.487. The molecule has 1 aromatic carbocycles. The molecule has 0 saturated heterocycles. The SMILES string of the molecule is CC1C=CC(c2cccc(N=O)c2)=CC1. The van der Waals surface area contributed by atoms with Crippen molar-refractivity contribution in [1.82, 2.24) is 0 Å². The summed E-state index contributed by atoms with van der Waals surface area (Å²) in [5, 5.41) is 2.94. The molecule has 1 aromatic rings. The van der Waals surface area contributed by atoms with Crippen LogP contribution in [-0.2, 0) is 0 Å². The predicted octanol–water partition coefficient (Wildman–Crippen LogP) is 4.06. The minimum atomic E-state index is 0.487. The number of rotatable bonds is 2. The van der Waals surface area contributed by atoms with Crippen LogP contribution in [0, 0.1) is 10.8 Å². The zero-order valence-electron chi connectivity index (χ0n) is 8.68. The first-order chi connectivity index (χ1) is 7.29. The standard InChI is InChI=1S/C13H13NO/c1-10-5-7-11(8-6-10)12-3-2-4-13(9-12)14-15/h2-5,7-10H,6H2,1H3. The summed E-state index contributed by atoms with van der Waals surface area (Å²) in [6, 6.07) is 7.39. The molecule has 2 rings (SSSR count). The molecule has 0 aliphatic heterocycles. The molecule has 0 radical (unpaired) electrons. The molecule has 0 amide bonds. The van der Waals surface area contributed by atoms with E-state index in [1.165, 1.54) is 5.57 Å². The first kappa shape index (κ1) is 9.84. The molecule has 0 fully saturated rings. The summed E-state index contributed by atoms with van der Waals surface area (Å²) < 4.78 is 0. The van der Waals surface area contributed by atoms with Gasteiger partial charge in [-0.05, 0) is 40.8 Å². The molecule has 0 N–H and O–H groups in total. The van der Waals surface area contributed by atoms with E-state index in [1.54, 1.807) is 6.07 Å². The van der Waals surface area contributed by atoms with Crippen molar-refractivity contribution in [2.24, 2.45) is 11.1 Å². The van der Waals surface area contributed by atoms with Crippen LogP contribution < -0.4 is 0 Å². The summed E-state index contributed by atoms with van der Waals surface area (Å²) >= 11 is 0. The number of benzene rings is 1. The van der Waals surface area contributed by atoms with Crippen LogP contribution in [0.15, 0.2) is 47.7 Å². The second-order valence-electron chi connectivity index (χ2n) is 3.87. The fourth-order valence-corrected chi connectivity index (χ4v) is 1.68. The van der Waals surface area contributed by atoms with Gasteiger partial charge in [-0.3, -0.25) is 0 Å². The van der Waals surface area contributed by atoms with E-state index in [2.05, 4.69) is 30.3 Å². The van der Waals surface area contributed by atoms with Crippen molar-refractivity contribution in [3.05, 3.63) is 53.0 Å². The van der Waals surface area contributed by atoms with Crippen LogP contribution in [0.2, 0.25) is 0 Å². The van der Waals surface area contributed by atoms with E-state index in [9.17, 15) is 4.91 Å². The van der Waals surface area contributed by atoms with Crippen LogP contribution in [0.3, 0.4) is 0 Å². The Bertz CT molecular complexity index is 432. The number of allylic oxidation sites excluding steroid dienone is 4. The van der Waals surface area contributed by atoms with E-state index in [0.29, 0.717) is 11.6 Å². The lowest BCUT2D eigenvalue weighted by molar-refractivity contribution is 0.739. The molecule has 1 aliphatic rings. The summed E-state index contributed by atoms with van der Waals surface area (Å²) in [6.45, 7) is 2.19. The lowest BCUT2D eigenvalue weighted by Crippen LogP contribution is -1.93. The molecule has 1 unspecified atom stereocenters. The maximum atomic E-state index is 10.4. The molecule has 15 heavy (non-hydrogen) atoms. The second kappa shape index (κ2) is 4.22. The van der Waals surface area contributed by atoms with Crippen molar-refractivity contribution >= 4 is 11.3 Å². The number of hydrogen-bond acceptors (Lipinski definition) is 2. The summed E-state index contributed by atoms with van der Waals surface area (Å²) in [4.78, 5) is 10.4. The summed E-state index contributed by atoms with van der Waals surface area (Å²) in [5.41, 5.74) is 2.73. The van der Waals surface area contributed by atoms with Gasteiger partial charge in [-0.2, -0.15) is 0 Å². The molecule has 0 spiro atoms. The van der Waals surface area contributed by atoms with Crippen molar-refractivity contribution in [2.45, 2.75) is 13.3 Å². The van der Waals surface area contributed by atoms with Gasteiger partial charge in [-0.1, -0.05) is 37.3 Å². The molecule has 2 heteroatoms. The van der Waals surface area contributed by atoms with E-state index in [4.69, 9.17) is 0 Å². The highest BCUT2D eigenvalue weighted by atomic mass is 16.3. The topological polar surface area (TPSA) is 29.4 Å². The Kier molecular flexibility index (Phi) is 2.77. The molecular weight excluding hydrogens is 186 g/mol. The van der Waals surface area contributed by atoms with Gasteiger partial charge in [-0.15, -0.1) is 4.91 Å². The van der Waals surface area contributed by atoms with Gasteiger partial charge >= 0.3 is 0 Å². The highest BCUT2D eigenvalue weighted by Crippen LogP contribution is 2.26. The molecule has 0 aromatic heterocycles. The zero-order valence-corrected chi connectivity index (χ0v) is 8.68. The molecule has 1 aliphatic carbocycles. The van der Waals surface area contributed by atoms with Gasteiger partial charge in [0.15, 0.2) is 0 Å². The Hall–Kier alpha value is -1.70. The van der Waals surface area contributed by atoms with Gasteiger partial charge in [0.1, 0.15) is 5.69 Å². The van der Waals surface area contributed by atoms with E-state index >= 15 is 0 Å². The van der Waals surface area contributed by atoms with Crippen molar-refractivity contribution in [2.75, 3.05) is 0 Å². The lowest BCUT2D eigenvalue weighted by Gasteiger charge is -2.11. The van der Waals surface area contributed by atoms with Crippen molar-refractivity contribution in [3.8, 4) is 0 Å². The molecule has 76 valence electrons. The third-order valence-corrected chi connectivity index (χ3v) is 2.60. The number of nitroso groups, excluding NO2 is 1. The predicted molar refractivity (Wildman–Crippen MR) is 62.8 cm³/mol.